The van der Waals surface area contributed by atoms with Crippen LogP contribution in [0.3, 0.4) is 0 Å². The van der Waals surface area contributed by atoms with Crippen molar-refractivity contribution in [2.24, 2.45) is 0 Å². The molecule has 0 aliphatic carbocycles. The number of anilines is 2. The van der Waals surface area contributed by atoms with Crippen LogP contribution in [0.5, 0.6) is 5.75 Å². The van der Waals surface area contributed by atoms with E-state index < -0.39 is 5.91 Å². The van der Waals surface area contributed by atoms with Crippen molar-refractivity contribution in [2.75, 3.05) is 17.2 Å². The third-order valence-corrected chi connectivity index (χ3v) is 4.45. The van der Waals surface area contributed by atoms with Crippen LogP contribution < -0.4 is 15.4 Å². The number of benzene rings is 3. The number of aryl methyl sites for hydroxylation is 1. The molecule has 0 unspecified atom stereocenters. The van der Waals surface area contributed by atoms with Gasteiger partial charge in [0.2, 0.25) is 0 Å². The maximum atomic E-state index is 12.9. The minimum atomic E-state index is -0.500. The normalized spacial score (nSPS) is 10.7. The highest BCUT2D eigenvalue weighted by Crippen LogP contribution is 2.17. The topological polar surface area (TPSA) is 91.2 Å². The van der Waals surface area contributed by atoms with Gasteiger partial charge in [0.25, 0.3) is 11.8 Å². The zero-order valence-electron chi connectivity index (χ0n) is 17.3. The molecule has 3 aromatic rings. The van der Waals surface area contributed by atoms with E-state index >= 15 is 0 Å². The van der Waals surface area contributed by atoms with Crippen LogP contribution in [0.15, 0.2) is 78.4 Å². The van der Waals surface area contributed by atoms with Crippen LogP contribution in [0, 0.1) is 24.1 Å². The highest BCUT2D eigenvalue weighted by atomic mass is 19.1. The van der Waals surface area contributed by atoms with Crippen molar-refractivity contribution in [1.29, 1.82) is 5.26 Å². The van der Waals surface area contributed by atoms with Crippen molar-refractivity contribution in [2.45, 2.75) is 6.92 Å². The molecule has 0 bridgehead atoms. The molecular formula is C25H20FN3O3. The summed E-state index contributed by atoms with van der Waals surface area (Å²) in [6.07, 6.45) is 1.47. The van der Waals surface area contributed by atoms with Crippen LogP contribution in [0.25, 0.3) is 6.08 Å². The van der Waals surface area contributed by atoms with Gasteiger partial charge in [0.15, 0.2) is 6.61 Å². The zero-order chi connectivity index (χ0) is 22.9. The van der Waals surface area contributed by atoms with Gasteiger partial charge in [0.1, 0.15) is 23.2 Å². The van der Waals surface area contributed by atoms with Gasteiger partial charge in [-0.2, -0.15) is 5.26 Å². The molecule has 2 N–H and O–H groups in total. The smallest absolute Gasteiger partial charge is 0.266 e. The number of rotatable bonds is 7. The number of hydrogen-bond donors (Lipinski definition) is 2. The Balaban J connectivity index is 1.57. The van der Waals surface area contributed by atoms with Crippen LogP contribution in [0.2, 0.25) is 0 Å². The average Bonchev–Trinajstić information content (AvgIpc) is 2.80. The fourth-order valence-electron chi connectivity index (χ4n) is 2.76. The van der Waals surface area contributed by atoms with E-state index in [9.17, 15) is 19.2 Å². The first kappa shape index (κ1) is 22.2. The summed E-state index contributed by atoms with van der Waals surface area (Å²) in [4.78, 5) is 24.4. The molecule has 160 valence electrons. The van der Waals surface area contributed by atoms with Crippen molar-refractivity contribution < 1.29 is 18.7 Å². The van der Waals surface area contributed by atoms with E-state index in [0.717, 1.165) is 5.56 Å². The Labute approximate surface area is 185 Å². The molecule has 0 radical (unpaired) electrons. The van der Waals surface area contributed by atoms with E-state index in [0.29, 0.717) is 22.7 Å². The molecule has 0 aromatic heterocycles. The molecule has 0 aliphatic rings. The first-order valence-corrected chi connectivity index (χ1v) is 9.71. The minimum absolute atomic E-state index is 0.0411. The van der Waals surface area contributed by atoms with Crippen LogP contribution >= 0.6 is 0 Å². The fraction of sp³-hybridized carbons (Fsp3) is 0.0800. The number of hydrogen-bond acceptors (Lipinski definition) is 4. The summed E-state index contributed by atoms with van der Waals surface area (Å²) in [6, 6.07) is 21.2. The monoisotopic (exact) mass is 429 g/mol. The minimum Gasteiger partial charge on any atom is -0.484 e. The van der Waals surface area contributed by atoms with E-state index in [4.69, 9.17) is 4.74 Å². The first-order valence-electron chi connectivity index (χ1n) is 9.71. The van der Waals surface area contributed by atoms with E-state index in [1.807, 2.05) is 25.1 Å². The van der Waals surface area contributed by atoms with Crippen molar-refractivity contribution in [3.63, 3.8) is 0 Å². The van der Waals surface area contributed by atoms with Crippen LogP contribution in [-0.4, -0.2) is 18.4 Å². The maximum Gasteiger partial charge on any atom is 0.266 e. The second kappa shape index (κ2) is 10.5. The number of para-hydroxylation sites is 1. The third-order valence-electron chi connectivity index (χ3n) is 4.45. The van der Waals surface area contributed by atoms with Gasteiger partial charge in [-0.05, 0) is 66.6 Å². The number of ether oxygens (including phenoxy) is 1. The Morgan fingerprint density at radius 3 is 2.34 bits per heavy atom. The second-order valence-corrected chi connectivity index (χ2v) is 6.85. The predicted octanol–water partition coefficient (Wildman–Crippen LogP) is 4.70. The van der Waals surface area contributed by atoms with E-state index in [-0.39, 0.29) is 23.9 Å². The van der Waals surface area contributed by atoms with Crippen molar-refractivity contribution in [3.05, 3.63) is 95.3 Å². The molecule has 2 amide bonds. The summed E-state index contributed by atoms with van der Waals surface area (Å²) < 4.78 is 18.3. The Hall–Kier alpha value is -4.44. The third kappa shape index (κ3) is 6.28. The summed E-state index contributed by atoms with van der Waals surface area (Å²) in [5.74, 6) is -0.834. The van der Waals surface area contributed by atoms with Crippen LogP contribution in [0.4, 0.5) is 15.8 Å². The predicted molar refractivity (Wildman–Crippen MR) is 120 cm³/mol. The summed E-state index contributed by atoms with van der Waals surface area (Å²) in [5, 5.41) is 14.7. The molecule has 6 nitrogen and oxygen atoms in total. The number of nitrogens with one attached hydrogen (secondary N) is 2. The van der Waals surface area contributed by atoms with Crippen molar-refractivity contribution in [3.8, 4) is 11.8 Å². The lowest BCUT2D eigenvalue weighted by molar-refractivity contribution is -0.118. The molecule has 0 saturated heterocycles. The Morgan fingerprint density at radius 1 is 1.00 bits per heavy atom. The maximum absolute atomic E-state index is 12.9. The first-order chi connectivity index (χ1) is 15.4. The van der Waals surface area contributed by atoms with Crippen LogP contribution in [0.1, 0.15) is 11.1 Å². The van der Waals surface area contributed by atoms with Gasteiger partial charge >= 0.3 is 0 Å². The highest BCUT2D eigenvalue weighted by molar-refractivity contribution is 6.09. The molecule has 0 aliphatic heterocycles. The second-order valence-electron chi connectivity index (χ2n) is 6.85. The number of carbonyl (C=O) groups is 2. The number of amides is 2. The molecule has 0 heterocycles. The number of halogens is 1. The molecule has 3 aromatic carbocycles. The standard InChI is InChI=1S/C25H20FN3O3/c1-17-4-2-3-5-23(17)29-25(31)19(15-27)14-18-6-12-22(13-7-18)32-16-24(30)28-21-10-8-20(26)9-11-21/h2-14H,16H2,1H3,(H,28,30)(H,29,31)/b19-14-. The SMILES string of the molecule is Cc1ccccc1NC(=O)/C(C#N)=C\c1ccc(OCC(=O)Nc2ccc(F)cc2)cc1. The van der Waals surface area contributed by atoms with Crippen molar-refractivity contribution in [1.82, 2.24) is 0 Å². The van der Waals surface area contributed by atoms with Gasteiger partial charge in [0, 0.05) is 11.4 Å². The zero-order valence-corrected chi connectivity index (χ0v) is 17.3. The summed E-state index contributed by atoms with van der Waals surface area (Å²) in [7, 11) is 0. The molecule has 32 heavy (non-hydrogen) atoms. The lowest BCUT2D eigenvalue weighted by Gasteiger charge is -2.08. The molecule has 0 atom stereocenters. The quantitative estimate of drug-likeness (QED) is 0.421. The summed E-state index contributed by atoms with van der Waals surface area (Å²) in [6.45, 7) is 1.64. The Bertz CT molecular complexity index is 1180. The summed E-state index contributed by atoms with van der Waals surface area (Å²) in [5.41, 5.74) is 2.59. The van der Waals surface area contributed by atoms with Gasteiger partial charge < -0.3 is 15.4 Å². The van der Waals surface area contributed by atoms with Gasteiger partial charge in [-0.15, -0.1) is 0 Å². The fourth-order valence-corrected chi connectivity index (χ4v) is 2.76. The number of nitriles is 1. The molecule has 0 spiro atoms. The lowest BCUT2D eigenvalue weighted by Crippen LogP contribution is -2.20. The average molecular weight is 429 g/mol. The molecule has 0 fully saturated rings. The van der Waals surface area contributed by atoms with E-state index in [1.54, 1.807) is 36.4 Å². The number of nitrogens with zero attached hydrogens (tertiary/aromatic N) is 1. The van der Waals surface area contributed by atoms with E-state index in [1.165, 1.54) is 30.3 Å². The Kier molecular flexibility index (Phi) is 7.33. The van der Waals surface area contributed by atoms with Gasteiger partial charge in [0.05, 0.1) is 0 Å². The highest BCUT2D eigenvalue weighted by Gasteiger charge is 2.11. The van der Waals surface area contributed by atoms with Crippen molar-refractivity contribution >= 4 is 29.3 Å². The van der Waals surface area contributed by atoms with Gasteiger partial charge in [-0.1, -0.05) is 30.3 Å². The van der Waals surface area contributed by atoms with E-state index in [2.05, 4.69) is 10.6 Å². The number of carbonyl (C=O) groups excluding carboxylic acids is 2. The molecule has 7 heteroatoms. The molecule has 3 rings (SSSR count). The van der Waals surface area contributed by atoms with Gasteiger partial charge in [-0.25, -0.2) is 4.39 Å². The molecule has 0 saturated carbocycles. The molecular weight excluding hydrogens is 409 g/mol. The lowest BCUT2D eigenvalue weighted by atomic mass is 10.1. The van der Waals surface area contributed by atoms with Gasteiger partial charge in [-0.3, -0.25) is 9.59 Å². The Morgan fingerprint density at radius 2 is 1.69 bits per heavy atom. The largest absolute Gasteiger partial charge is 0.484 e. The summed E-state index contributed by atoms with van der Waals surface area (Å²) >= 11 is 0. The van der Waals surface area contributed by atoms with Crippen LogP contribution in [-0.2, 0) is 9.59 Å².